The van der Waals surface area contributed by atoms with E-state index in [2.05, 4.69) is 10.3 Å². The lowest BCUT2D eigenvalue weighted by Crippen LogP contribution is -1.96. The summed E-state index contributed by atoms with van der Waals surface area (Å²) in [6, 6.07) is 9.90. The Bertz CT molecular complexity index is 562. The van der Waals surface area contributed by atoms with Crippen molar-refractivity contribution in [1.29, 1.82) is 0 Å². The van der Waals surface area contributed by atoms with Gasteiger partial charge in [0.2, 0.25) is 0 Å². The molecule has 0 saturated heterocycles. The zero-order valence-corrected chi connectivity index (χ0v) is 10.1. The first kappa shape index (κ1) is 12.0. The first-order valence-electron chi connectivity index (χ1n) is 5.69. The number of pyridine rings is 1. The second kappa shape index (κ2) is 5.77. The molecule has 90 valence electrons. The van der Waals surface area contributed by atoms with Crippen molar-refractivity contribution in [3.05, 3.63) is 60.1 Å². The number of nitrogens with one attached hydrogen (secondary N) is 1. The van der Waals surface area contributed by atoms with E-state index in [4.69, 9.17) is 0 Å². The maximum Gasteiger partial charge on any atom is 0.152 e. The summed E-state index contributed by atoms with van der Waals surface area (Å²) in [5, 5.41) is 2.93. The summed E-state index contributed by atoms with van der Waals surface area (Å²) in [4.78, 5) is 15.2. The van der Waals surface area contributed by atoms with Gasteiger partial charge in [0.1, 0.15) is 0 Å². The van der Waals surface area contributed by atoms with Crippen LogP contribution in [-0.4, -0.2) is 18.3 Å². The number of hydrogen-bond donors (Lipinski definition) is 1. The maximum atomic E-state index is 11.1. The minimum atomic E-state index is 0.586. The standard InChI is InChI=1S/C15H14N2O/c1-16-8-7-14-13(11-18)9-17-10-15(14)12-5-3-2-4-6-12/h2-11,16H,1H3/b8-7-. The van der Waals surface area contributed by atoms with Gasteiger partial charge in [0, 0.05) is 30.6 Å². The van der Waals surface area contributed by atoms with Crippen LogP contribution in [0.4, 0.5) is 0 Å². The van der Waals surface area contributed by atoms with Gasteiger partial charge in [-0.15, -0.1) is 0 Å². The Balaban J connectivity index is 2.60. The van der Waals surface area contributed by atoms with Gasteiger partial charge >= 0.3 is 0 Å². The van der Waals surface area contributed by atoms with Crippen LogP contribution in [0.1, 0.15) is 15.9 Å². The fourth-order valence-corrected chi connectivity index (χ4v) is 1.78. The molecule has 2 aromatic rings. The second-order valence-electron chi connectivity index (χ2n) is 3.80. The summed E-state index contributed by atoms with van der Waals surface area (Å²) in [6.45, 7) is 0. The molecule has 1 aromatic carbocycles. The summed E-state index contributed by atoms with van der Waals surface area (Å²) < 4.78 is 0. The van der Waals surface area contributed by atoms with Crippen LogP contribution >= 0.6 is 0 Å². The van der Waals surface area contributed by atoms with Gasteiger partial charge in [-0.05, 0) is 23.4 Å². The predicted octanol–water partition coefficient (Wildman–Crippen LogP) is 2.75. The molecule has 18 heavy (non-hydrogen) atoms. The molecule has 0 amide bonds. The number of rotatable bonds is 4. The Hall–Kier alpha value is -2.42. The van der Waals surface area contributed by atoms with Crippen molar-refractivity contribution in [2.45, 2.75) is 0 Å². The maximum absolute atomic E-state index is 11.1. The molecule has 3 heteroatoms. The summed E-state index contributed by atoms with van der Waals surface area (Å²) in [5.41, 5.74) is 3.46. The number of carbonyl (C=O) groups is 1. The Labute approximate surface area is 106 Å². The van der Waals surface area contributed by atoms with Crippen LogP contribution in [-0.2, 0) is 0 Å². The summed E-state index contributed by atoms with van der Waals surface area (Å²) in [6.07, 6.45) is 7.86. The molecule has 0 radical (unpaired) electrons. The van der Waals surface area contributed by atoms with Crippen LogP contribution < -0.4 is 5.32 Å². The molecule has 3 nitrogen and oxygen atoms in total. The fourth-order valence-electron chi connectivity index (χ4n) is 1.78. The molecule has 0 fully saturated rings. The molecule has 0 spiro atoms. The van der Waals surface area contributed by atoms with E-state index in [1.807, 2.05) is 43.5 Å². The molecule has 0 aliphatic rings. The number of aldehydes is 1. The van der Waals surface area contributed by atoms with Crippen molar-refractivity contribution < 1.29 is 4.79 Å². The van der Waals surface area contributed by atoms with Crippen LogP contribution in [0.25, 0.3) is 17.2 Å². The van der Waals surface area contributed by atoms with Gasteiger partial charge in [-0.25, -0.2) is 0 Å². The fraction of sp³-hybridized carbons (Fsp3) is 0.0667. The Kier molecular flexibility index (Phi) is 3.86. The lowest BCUT2D eigenvalue weighted by molar-refractivity contribution is 0.112. The third kappa shape index (κ3) is 2.46. The zero-order chi connectivity index (χ0) is 12.8. The van der Waals surface area contributed by atoms with Crippen molar-refractivity contribution in [2.24, 2.45) is 0 Å². The van der Waals surface area contributed by atoms with Crippen LogP contribution in [0.3, 0.4) is 0 Å². The van der Waals surface area contributed by atoms with Gasteiger partial charge in [-0.2, -0.15) is 0 Å². The summed E-state index contributed by atoms with van der Waals surface area (Å²) in [5.74, 6) is 0. The van der Waals surface area contributed by atoms with Gasteiger partial charge in [-0.3, -0.25) is 9.78 Å². The number of aromatic nitrogens is 1. The summed E-state index contributed by atoms with van der Waals surface area (Å²) in [7, 11) is 1.82. The monoisotopic (exact) mass is 238 g/mol. The molecule has 0 atom stereocenters. The highest BCUT2D eigenvalue weighted by atomic mass is 16.1. The minimum absolute atomic E-state index is 0.586. The molecular formula is C15H14N2O. The van der Waals surface area contributed by atoms with Crippen molar-refractivity contribution in [1.82, 2.24) is 10.3 Å². The summed E-state index contributed by atoms with van der Waals surface area (Å²) >= 11 is 0. The largest absolute Gasteiger partial charge is 0.394 e. The number of nitrogens with zero attached hydrogens (tertiary/aromatic N) is 1. The lowest BCUT2D eigenvalue weighted by Gasteiger charge is -2.08. The third-order valence-corrected chi connectivity index (χ3v) is 2.65. The van der Waals surface area contributed by atoms with Crippen LogP contribution in [0.15, 0.2) is 48.9 Å². The van der Waals surface area contributed by atoms with Gasteiger partial charge in [-0.1, -0.05) is 30.3 Å². The quantitative estimate of drug-likeness (QED) is 0.833. The number of hydrogen-bond acceptors (Lipinski definition) is 3. The molecule has 1 aromatic heterocycles. The van der Waals surface area contributed by atoms with E-state index < -0.39 is 0 Å². The third-order valence-electron chi connectivity index (χ3n) is 2.65. The van der Waals surface area contributed by atoms with Crippen molar-refractivity contribution in [3.63, 3.8) is 0 Å². The Morgan fingerprint density at radius 2 is 1.94 bits per heavy atom. The predicted molar refractivity (Wildman–Crippen MR) is 73.2 cm³/mol. The van der Waals surface area contributed by atoms with E-state index in [9.17, 15) is 4.79 Å². The van der Waals surface area contributed by atoms with Crippen LogP contribution in [0, 0.1) is 0 Å². The first-order chi connectivity index (χ1) is 8.86. The van der Waals surface area contributed by atoms with Gasteiger partial charge in [0.05, 0.1) is 0 Å². The minimum Gasteiger partial charge on any atom is -0.394 e. The van der Waals surface area contributed by atoms with Crippen molar-refractivity contribution in [2.75, 3.05) is 7.05 Å². The van der Waals surface area contributed by atoms with Crippen molar-refractivity contribution >= 4 is 12.4 Å². The molecule has 0 aliphatic carbocycles. The number of benzene rings is 1. The highest BCUT2D eigenvalue weighted by Crippen LogP contribution is 2.25. The second-order valence-corrected chi connectivity index (χ2v) is 3.80. The SMILES string of the molecule is CN/C=C\c1c(C=O)cncc1-c1ccccc1. The van der Waals surface area contributed by atoms with E-state index in [1.165, 1.54) is 0 Å². The normalized spacial score (nSPS) is 10.5. The average Bonchev–Trinajstić information content (AvgIpc) is 2.45. The molecule has 0 bridgehead atoms. The molecule has 0 aliphatic heterocycles. The van der Waals surface area contributed by atoms with Crippen LogP contribution in [0.2, 0.25) is 0 Å². The Morgan fingerprint density at radius 1 is 1.17 bits per heavy atom. The molecule has 0 saturated carbocycles. The highest BCUT2D eigenvalue weighted by molar-refractivity contribution is 5.88. The zero-order valence-electron chi connectivity index (χ0n) is 10.1. The molecular weight excluding hydrogens is 224 g/mol. The van der Waals surface area contributed by atoms with E-state index in [-0.39, 0.29) is 0 Å². The van der Waals surface area contributed by atoms with Crippen LogP contribution in [0.5, 0.6) is 0 Å². The van der Waals surface area contributed by atoms with Gasteiger partial charge in [0.25, 0.3) is 0 Å². The van der Waals surface area contributed by atoms with E-state index in [0.717, 1.165) is 23.0 Å². The van der Waals surface area contributed by atoms with Gasteiger partial charge in [0.15, 0.2) is 6.29 Å². The van der Waals surface area contributed by atoms with E-state index in [0.29, 0.717) is 5.56 Å². The molecule has 2 rings (SSSR count). The lowest BCUT2D eigenvalue weighted by atomic mass is 9.98. The van der Waals surface area contributed by atoms with E-state index in [1.54, 1.807) is 18.6 Å². The molecule has 1 heterocycles. The Morgan fingerprint density at radius 3 is 2.61 bits per heavy atom. The topological polar surface area (TPSA) is 42.0 Å². The number of carbonyl (C=O) groups excluding carboxylic acids is 1. The highest BCUT2D eigenvalue weighted by Gasteiger charge is 2.07. The molecule has 0 unspecified atom stereocenters. The first-order valence-corrected chi connectivity index (χ1v) is 5.69. The van der Waals surface area contributed by atoms with Gasteiger partial charge < -0.3 is 5.32 Å². The smallest absolute Gasteiger partial charge is 0.152 e. The molecule has 1 N–H and O–H groups in total. The van der Waals surface area contributed by atoms with Crippen molar-refractivity contribution in [3.8, 4) is 11.1 Å². The van der Waals surface area contributed by atoms with E-state index >= 15 is 0 Å². The average molecular weight is 238 g/mol.